The maximum Gasteiger partial charge on any atom is 0.0702 e. The van der Waals surface area contributed by atoms with Crippen LogP contribution in [0.3, 0.4) is 0 Å². The molecule has 1 aliphatic rings. The molecule has 1 aliphatic carbocycles. The molecule has 0 N–H and O–H groups in total. The van der Waals surface area contributed by atoms with Crippen LogP contribution in [0.2, 0.25) is 0 Å². The number of aromatic nitrogens is 1. The Balaban J connectivity index is 1.18. The molecule has 0 saturated carbocycles. The third-order valence-electron chi connectivity index (χ3n) is 8.15. The van der Waals surface area contributed by atoms with Gasteiger partial charge < -0.3 is 0 Å². The first-order chi connectivity index (χ1) is 19.1. The molecule has 1 heterocycles. The fourth-order valence-electron chi connectivity index (χ4n) is 6.18. The average molecular weight is 500 g/mol. The second-order valence-electron chi connectivity index (χ2n) is 10.8. The van der Waals surface area contributed by atoms with E-state index in [4.69, 9.17) is 0 Å². The van der Waals surface area contributed by atoms with Gasteiger partial charge in [-0.1, -0.05) is 129 Å². The molecule has 0 unspecified atom stereocenters. The number of rotatable bonds is 4. The van der Waals surface area contributed by atoms with Gasteiger partial charge in [0, 0.05) is 17.2 Å². The Bertz CT molecular complexity index is 1790. The average Bonchev–Trinajstić information content (AvgIpc) is 3.25. The fourth-order valence-corrected chi connectivity index (χ4v) is 6.18. The summed E-state index contributed by atoms with van der Waals surface area (Å²) in [6.45, 7) is 4.70. The van der Waals surface area contributed by atoms with E-state index in [2.05, 4.69) is 140 Å². The Morgan fingerprint density at radius 2 is 1.00 bits per heavy atom. The molecule has 1 aromatic heterocycles. The van der Waals surface area contributed by atoms with Gasteiger partial charge in [0.25, 0.3) is 0 Å². The maximum absolute atomic E-state index is 4.50. The molecule has 0 fully saturated rings. The summed E-state index contributed by atoms with van der Waals surface area (Å²) < 4.78 is 0. The first-order valence-corrected chi connectivity index (χ1v) is 13.6. The van der Waals surface area contributed by atoms with E-state index < -0.39 is 0 Å². The Morgan fingerprint density at radius 1 is 0.436 bits per heavy atom. The predicted molar refractivity (Wildman–Crippen MR) is 164 cm³/mol. The van der Waals surface area contributed by atoms with Crippen molar-refractivity contribution < 1.29 is 0 Å². The molecule has 0 spiro atoms. The lowest BCUT2D eigenvalue weighted by Gasteiger charge is -2.24. The highest BCUT2D eigenvalue weighted by molar-refractivity contribution is 5.88. The molecule has 186 valence electrons. The van der Waals surface area contributed by atoms with Crippen LogP contribution in [0.4, 0.5) is 0 Å². The highest BCUT2D eigenvalue weighted by Crippen LogP contribution is 2.52. The van der Waals surface area contributed by atoms with E-state index in [1.54, 1.807) is 0 Å². The molecular weight excluding hydrogens is 470 g/mol. The van der Waals surface area contributed by atoms with Crippen LogP contribution in [0.5, 0.6) is 0 Å². The summed E-state index contributed by atoms with van der Waals surface area (Å²) in [5, 5.41) is 0. The monoisotopic (exact) mass is 499 g/mol. The number of hydrogen-bond acceptors (Lipinski definition) is 1. The second kappa shape index (κ2) is 9.22. The van der Waals surface area contributed by atoms with Crippen molar-refractivity contribution in [2.24, 2.45) is 0 Å². The third kappa shape index (κ3) is 3.99. The number of fused-ring (bicyclic) bond motifs is 3. The van der Waals surface area contributed by atoms with Gasteiger partial charge in [-0.15, -0.1) is 0 Å². The SMILES string of the molecule is CC1(C)c2ccccc2-c2cccc(-c3ccc(-c4ccc(-c5cccc(-c6ccccn6)c5)cc4)cc3)c21. The summed E-state index contributed by atoms with van der Waals surface area (Å²) in [5.41, 5.74) is 15.1. The van der Waals surface area contributed by atoms with E-state index in [1.165, 1.54) is 55.6 Å². The zero-order valence-corrected chi connectivity index (χ0v) is 22.2. The van der Waals surface area contributed by atoms with Gasteiger partial charge >= 0.3 is 0 Å². The first kappa shape index (κ1) is 23.4. The lowest BCUT2D eigenvalue weighted by molar-refractivity contribution is 0.662. The van der Waals surface area contributed by atoms with Crippen molar-refractivity contribution >= 4 is 0 Å². The summed E-state index contributed by atoms with van der Waals surface area (Å²) in [6.07, 6.45) is 1.84. The van der Waals surface area contributed by atoms with Crippen LogP contribution in [0.1, 0.15) is 25.0 Å². The van der Waals surface area contributed by atoms with Gasteiger partial charge in [0.15, 0.2) is 0 Å². The van der Waals surface area contributed by atoms with Crippen LogP contribution >= 0.6 is 0 Å². The van der Waals surface area contributed by atoms with Gasteiger partial charge in [0.1, 0.15) is 0 Å². The highest BCUT2D eigenvalue weighted by Gasteiger charge is 2.37. The van der Waals surface area contributed by atoms with Gasteiger partial charge in [0.2, 0.25) is 0 Å². The Kier molecular flexibility index (Phi) is 5.52. The number of pyridine rings is 1. The maximum atomic E-state index is 4.50. The van der Waals surface area contributed by atoms with E-state index >= 15 is 0 Å². The van der Waals surface area contributed by atoms with Crippen LogP contribution in [0.25, 0.3) is 55.8 Å². The van der Waals surface area contributed by atoms with Crippen LogP contribution in [-0.4, -0.2) is 4.98 Å². The van der Waals surface area contributed by atoms with Gasteiger partial charge in [-0.25, -0.2) is 0 Å². The van der Waals surface area contributed by atoms with E-state index in [-0.39, 0.29) is 5.41 Å². The molecule has 0 aliphatic heterocycles. The van der Waals surface area contributed by atoms with Crippen molar-refractivity contribution in [3.8, 4) is 55.8 Å². The third-order valence-corrected chi connectivity index (χ3v) is 8.15. The van der Waals surface area contributed by atoms with Crippen molar-refractivity contribution in [1.29, 1.82) is 0 Å². The minimum Gasteiger partial charge on any atom is -0.256 e. The molecule has 0 amide bonds. The Morgan fingerprint density at radius 3 is 1.72 bits per heavy atom. The summed E-state index contributed by atoms with van der Waals surface area (Å²) in [7, 11) is 0. The molecule has 39 heavy (non-hydrogen) atoms. The standard InChI is InChI=1S/C38H29N/c1-38(2)35-14-4-3-11-33(35)34-13-8-12-32(37(34)38)29-22-20-27(21-23-29)26-16-18-28(19-17-26)30-9-7-10-31(25-30)36-15-5-6-24-39-36/h3-25H,1-2H3. The van der Waals surface area contributed by atoms with Crippen molar-refractivity contribution in [2.45, 2.75) is 19.3 Å². The summed E-state index contributed by atoms with van der Waals surface area (Å²) >= 11 is 0. The first-order valence-electron chi connectivity index (χ1n) is 13.6. The molecule has 6 aromatic rings. The topological polar surface area (TPSA) is 12.9 Å². The molecule has 0 radical (unpaired) electrons. The normalized spacial score (nSPS) is 13.1. The van der Waals surface area contributed by atoms with E-state index in [1.807, 2.05) is 18.3 Å². The van der Waals surface area contributed by atoms with Gasteiger partial charge in [0.05, 0.1) is 5.69 Å². The smallest absolute Gasteiger partial charge is 0.0702 e. The van der Waals surface area contributed by atoms with E-state index in [0.29, 0.717) is 0 Å². The van der Waals surface area contributed by atoms with Crippen molar-refractivity contribution in [3.05, 3.63) is 151 Å². The van der Waals surface area contributed by atoms with Crippen LogP contribution in [0.15, 0.2) is 140 Å². The summed E-state index contributed by atoms with van der Waals surface area (Å²) in [4.78, 5) is 4.50. The number of hydrogen-bond donors (Lipinski definition) is 0. The van der Waals surface area contributed by atoms with Crippen molar-refractivity contribution in [3.63, 3.8) is 0 Å². The fraction of sp³-hybridized carbons (Fsp3) is 0.0789. The number of benzene rings is 5. The molecular formula is C38H29N. The summed E-state index contributed by atoms with van der Waals surface area (Å²) in [5.74, 6) is 0. The molecule has 5 aromatic carbocycles. The van der Waals surface area contributed by atoms with Crippen LogP contribution in [-0.2, 0) is 5.41 Å². The molecule has 7 rings (SSSR count). The van der Waals surface area contributed by atoms with Crippen molar-refractivity contribution in [2.75, 3.05) is 0 Å². The molecule has 1 nitrogen and oxygen atoms in total. The summed E-state index contributed by atoms with van der Waals surface area (Å²) in [6, 6.07) is 48.1. The van der Waals surface area contributed by atoms with Crippen LogP contribution in [0, 0.1) is 0 Å². The van der Waals surface area contributed by atoms with Gasteiger partial charge in [-0.05, 0) is 73.8 Å². The van der Waals surface area contributed by atoms with E-state index in [0.717, 1.165) is 11.3 Å². The molecule has 0 bridgehead atoms. The predicted octanol–water partition coefficient (Wildman–Crippen LogP) is 10.1. The Labute approximate surface area is 230 Å². The van der Waals surface area contributed by atoms with E-state index in [9.17, 15) is 0 Å². The molecule has 0 saturated heterocycles. The number of nitrogens with zero attached hydrogens (tertiary/aromatic N) is 1. The minimum atomic E-state index is -0.0229. The lowest BCUT2D eigenvalue weighted by atomic mass is 9.79. The quantitative estimate of drug-likeness (QED) is 0.235. The Hall–Kier alpha value is -4.75. The largest absolute Gasteiger partial charge is 0.256 e. The zero-order chi connectivity index (χ0) is 26.4. The zero-order valence-electron chi connectivity index (χ0n) is 22.2. The molecule has 1 heteroatoms. The second-order valence-corrected chi connectivity index (χ2v) is 10.8. The minimum absolute atomic E-state index is 0.0229. The molecule has 0 atom stereocenters. The van der Waals surface area contributed by atoms with Crippen molar-refractivity contribution in [1.82, 2.24) is 4.98 Å². The van der Waals surface area contributed by atoms with Crippen LogP contribution < -0.4 is 0 Å². The highest BCUT2D eigenvalue weighted by atomic mass is 14.7. The lowest BCUT2D eigenvalue weighted by Crippen LogP contribution is -2.16. The van der Waals surface area contributed by atoms with Gasteiger partial charge in [-0.2, -0.15) is 0 Å². The van der Waals surface area contributed by atoms with Gasteiger partial charge in [-0.3, -0.25) is 4.98 Å².